The predicted octanol–water partition coefficient (Wildman–Crippen LogP) is 5.02. The quantitative estimate of drug-likeness (QED) is 0.725. The van der Waals surface area contributed by atoms with Crippen LogP contribution < -0.4 is 0 Å². The molecule has 1 aliphatic heterocycles. The SMILES string of the molecule is CCOC(=O)c1cccc(-c2n[nH]c(C)c2C2=COC=C(C3=CC=CCC3)O2)c1. The number of carbonyl (C=O) groups excluding carboxylic acids is 1. The molecule has 1 aromatic carbocycles. The number of aryl methyl sites for hydroxylation is 1. The van der Waals surface area contributed by atoms with Crippen molar-refractivity contribution in [2.75, 3.05) is 6.61 Å². The van der Waals surface area contributed by atoms with Gasteiger partial charge in [0.2, 0.25) is 0 Å². The summed E-state index contributed by atoms with van der Waals surface area (Å²) < 4.78 is 16.9. The van der Waals surface area contributed by atoms with Crippen molar-refractivity contribution in [1.82, 2.24) is 10.2 Å². The molecular weight excluding hydrogens is 368 g/mol. The lowest BCUT2D eigenvalue weighted by Gasteiger charge is -2.20. The second kappa shape index (κ2) is 8.22. The Balaban J connectivity index is 1.66. The van der Waals surface area contributed by atoms with E-state index in [-0.39, 0.29) is 5.97 Å². The maximum Gasteiger partial charge on any atom is 0.338 e. The molecule has 0 bridgehead atoms. The molecule has 1 N–H and O–H groups in total. The van der Waals surface area contributed by atoms with E-state index >= 15 is 0 Å². The minimum absolute atomic E-state index is 0.327. The van der Waals surface area contributed by atoms with Crippen LogP contribution in [-0.2, 0) is 14.2 Å². The molecule has 6 heteroatoms. The van der Waals surface area contributed by atoms with Gasteiger partial charge in [0.15, 0.2) is 11.5 Å². The number of hydrogen-bond acceptors (Lipinski definition) is 5. The summed E-state index contributed by atoms with van der Waals surface area (Å²) in [4.78, 5) is 12.1. The third-order valence-corrected chi connectivity index (χ3v) is 4.74. The maximum atomic E-state index is 12.1. The van der Waals surface area contributed by atoms with Gasteiger partial charge in [-0.3, -0.25) is 5.10 Å². The van der Waals surface area contributed by atoms with E-state index in [2.05, 4.69) is 16.3 Å². The first kappa shape index (κ1) is 18.8. The summed E-state index contributed by atoms with van der Waals surface area (Å²) in [5.74, 6) is 0.904. The van der Waals surface area contributed by atoms with Gasteiger partial charge in [-0.25, -0.2) is 4.79 Å². The van der Waals surface area contributed by atoms with Crippen molar-refractivity contribution in [2.45, 2.75) is 26.7 Å². The number of allylic oxidation sites excluding steroid dienone is 4. The molecule has 0 radical (unpaired) electrons. The van der Waals surface area contributed by atoms with Gasteiger partial charge in [0.1, 0.15) is 18.2 Å². The van der Waals surface area contributed by atoms with Gasteiger partial charge in [-0.1, -0.05) is 30.4 Å². The summed E-state index contributed by atoms with van der Waals surface area (Å²) in [6, 6.07) is 7.21. The molecule has 0 spiro atoms. The summed E-state index contributed by atoms with van der Waals surface area (Å²) in [7, 11) is 0. The van der Waals surface area contributed by atoms with E-state index in [9.17, 15) is 4.79 Å². The lowest BCUT2D eigenvalue weighted by Crippen LogP contribution is -2.05. The Bertz CT molecular complexity index is 1060. The number of ether oxygens (including phenoxy) is 3. The molecule has 29 heavy (non-hydrogen) atoms. The third-order valence-electron chi connectivity index (χ3n) is 4.74. The minimum Gasteiger partial charge on any atom is -0.465 e. The molecule has 2 aliphatic rings. The van der Waals surface area contributed by atoms with Crippen LogP contribution in [0.15, 0.2) is 66.3 Å². The van der Waals surface area contributed by atoms with E-state index in [1.807, 2.05) is 31.2 Å². The van der Waals surface area contributed by atoms with Gasteiger partial charge in [0.05, 0.1) is 17.7 Å². The molecule has 0 saturated carbocycles. The maximum absolute atomic E-state index is 12.1. The molecule has 148 valence electrons. The smallest absolute Gasteiger partial charge is 0.338 e. The summed E-state index contributed by atoms with van der Waals surface area (Å²) in [5, 5.41) is 7.46. The molecule has 1 aromatic heterocycles. The van der Waals surface area contributed by atoms with Gasteiger partial charge in [0.25, 0.3) is 0 Å². The van der Waals surface area contributed by atoms with Gasteiger partial charge >= 0.3 is 5.97 Å². The zero-order chi connectivity index (χ0) is 20.2. The fourth-order valence-corrected chi connectivity index (χ4v) is 3.33. The molecule has 0 amide bonds. The fraction of sp³-hybridized carbons (Fsp3) is 0.217. The lowest BCUT2D eigenvalue weighted by molar-refractivity contribution is 0.0526. The van der Waals surface area contributed by atoms with Crippen LogP contribution in [0.2, 0.25) is 0 Å². The number of carbonyl (C=O) groups is 1. The normalized spacial score (nSPS) is 15.6. The van der Waals surface area contributed by atoms with Crippen LogP contribution >= 0.6 is 0 Å². The molecule has 6 nitrogen and oxygen atoms in total. The van der Waals surface area contributed by atoms with E-state index in [0.717, 1.165) is 35.2 Å². The van der Waals surface area contributed by atoms with Crippen LogP contribution in [0.4, 0.5) is 0 Å². The predicted molar refractivity (Wildman–Crippen MR) is 109 cm³/mol. The summed E-state index contributed by atoms with van der Waals surface area (Å²) in [6.45, 7) is 4.03. The Hall–Kier alpha value is -3.54. The largest absolute Gasteiger partial charge is 0.465 e. The molecule has 1 aliphatic carbocycles. The number of aromatic nitrogens is 2. The number of rotatable bonds is 5. The van der Waals surface area contributed by atoms with Crippen LogP contribution in [0.1, 0.15) is 41.4 Å². The zero-order valence-corrected chi connectivity index (χ0v) is 16.4. The highest BCUT2D eigenvalue weighted by atomic mass is 16.5. The highest BCUT2D eigenvalue weighted by molar-refractivity contribution is 5.91. The van der Waals surface area contributed by atoms with Crippen LogP contribution in [0.3, 0.4) is 0 Å². The average Bonchev–Trinajstić information content (AvgIpc) is 3.16. The summed E-state index contributed by atoms with van der Waals surface area (Å²) >= 11 is 0. The highest BCUT2D eigenvalue weighted by Gasteiger charge is 2.23. The molecular formula is C23H22N2O4. The second-order valence-electron chi connectivity index (χ2n) is 6.73. The molecule has 0 fully saturated rings. The van der Waals surface area contributed by atoms with E-state index < -0.39 is 0 Å². The molecule has 0 atom stereocenters. The van der Waals surface area contributed by atoms with Crippen molar-refractivity contribution in [3.8, 4) is 11.3 Å². The second-order valence-corrected chi connectivity index (χ2v) is 6.73. The summed E-state index contributed by atoms with van der Waals surface area (Å²) in [5.41, 5.74) is 4.67. The van der Waals surface area contributed by atoms with Crippen LogP contribution in [0.25, 0.3) is 17.0 Å². The van der Waals surface area contributed by atoms with Gasteiger partial charge < -0.3 is 14.2 Å². The van der Waals surface area contributed by atoms with Crippen molar-refractivity contribution in [2.24, 2.45) is 0 Å². The Labute approximate surface area is 169 Å². The van der Waals surface area contributed by atoms with E-state index in [4.69, 9.17) is 14.2 Å². The topological polar surface area (TPSA) is 73.4 Å². The van der Waals surface area contributed by atoms with Gasteiger partial charge in [0, 0.05) is 11.3 Å². The van der Waals surface area contributed by atoms with Crippen molar-refractivity contribution in [1.29, 1.82) is 0 Å². The Morgan fingerprint density at radius 2 is 2.14 bits per heavy atom. The minimum atomic E-state index is -0.359. The van der Waals surface area contributed by atoms with E-state index in [1.54, 1.807) is 31.6 Å². The Morgan fingerprint density at radius 3 is 2.93 bits per heavy atom. The van der Waals surface area contributed by atoms with E-state index in [0.29, 0.717) is 29.4 Å². The van der Waals surface area contributed by atoms with Crippen molar-refractivity contribution in [3.63, 3.8) is 0 Å². The summed E-state index contributed by atoms with van der Waals surface area (Å²) in [6.07, 6.45) is 11.2. The zero-order valence-electron chi connectivity index (χ0n) is 16.4. The van der Waals surface area contributed by atoms with Crippen molar-refractivity contribution >= 4 is 11.7 Å². The van der Waals surface area contributed by atoms with Gasteiger partial charge in [-0.15, -0.1) is 0 Å². The first-order chi connectivity index (χ1) is 14.2. The van der Waals surface area contributed by atoms with Gasteiger partial charge in [-0.05, 0) is 44.4 Å². The number of aromatic amines is 1. The number of benzene rings is 1. The monoisotopic (exact) mass is 390 g/mol. The number of esters is 1. The molecule has 0 saturated heterocycles. The number of H-pyrrole nitrogens is 1. The van der Waals surface area contributed by atoms with Crippen LogP contribution in [0.5, 0.6) is 0 Å². The number of nitrogens with zero attached hydrogens (tertiary/aromatic N) is 1. The van der Waals surface area contributed by atoms with Crippen molar-refractivity contribution < 1.29 is 19.0 Å². The van der Waals surface area contributed by atoms with E-state index in [1.165, 1.54) is 0 Å². The Morgan fingerprint density at radius 1 is 1.28 bits per heavy atom. The standard InChI is InChI=1S/C23H22N2O4/c1-3-28-23(26)18-11-7-10-17(12-18)22-21(15(2)24-25-22)20-14-27-13-19(29-20)16-8-5-4-6-9-16/h4-5,7-8,10-14H,3,6,9H2,1-2H3,(H,24,25). The first-order valence-electron chi connectivity index (χ1n) is 9.60. The molecule has 0 unspecified atom stereocenters. The third kappa shape index (κ3) is 3.87. The average molecular weight is 390 g/mol. The Kier molecular flexibility index (Phi) is 5.33. The van der Waals surface area contributed by atoms with Crippen LogP contribution in [0, 0.1) is 6.92 Å². The number of nitrogens with one attached hydrogen (secondary N) is 1. The molecule has 2 aromatic rings. The fourth-order valence-electron chi connectivity index (χ4n) is 3.33. The lowest BCUT2D eigenvalue weighted by atomic mass is 10.0. The number of hydrogen-bond donors (Lipinski definition) is 1. The van der Waals surface area contributed by atoms with Crippen molar-refractivity contribution in [3.05, 3.63) is 83.2 Å². The molecule has 2 heterocycles. The van der Waals surface area contributed by atoms with Crippen LogP contribution in [-0.4, -0.2) is 22.8 Å². The molecule has 4 rings (SSSR count). The van der Waals surface area contributed by atoms with Gasteiger partial charge in [-0.2, -0.15) is 5.10 Å². The highest BCUT2D eigenvalue weighted by Crippen LogP contribution is 2.36. The first-order valence-corrected chi connectivity index (χ1v) is 9.60.